The van der Waals surface area contributed by atoms with E-state index in [-0.39, 0.29) is 17.0 Å². The third kappa shape index (κ3) is 9.27. The van der Waals surface area contributed by atoms with E-state index >= 15 is 0 Å². The molecule has 0 fully saturated rings. The lowest BCUT2D eigenvalue weighted by atomic mass is 10.3. The fraction of sp³-hybridized carbons (Fsp3) is 0.600. The van der Waals surface area contributed by atoms with Gasteiger partial charge in [0.15, 0.2) is 0 Å². The first kappa shape index (κ1) is 10.7. The van der Waals surface area contributed by atoms with Crippen LogP contribution in [0.15, 0.2) is 0 Å². The fourth-order valence-corrected chi connectivity index (χ4v) is 0.285. The molecule has 0 spiro atoms. The van der Waals surface area contributed by atoms with Gasteiger partial charge in [-0.3, -0.25) is 0 Å². The van der Waals surface area contributed by atoms with Crippen molar-refractivity contribution in [3.05, 3.63) is 0 Å². The Morgan fingerprint density at radius 1 is 1.00 bits per heavy atom. The van der Waals surface area contributed by atoms with Crippen LogP contribution in [0.3, 0.4) is 0 Å². The van der Waals surface area contributed by atoms with Crippen molar-refractivity contribution in [3.8, 4) is 0 Å². The normalized spacial score (nSPS) is 7.00. The van der Waals surface area contributed by atoms with Crippen molar-refractivity contribution in [1.29, 1.82) is 0 Å². The lowest BCUT2D eigenvalue weighted by Crippen LogP contribution is -1.76. The molecule has 0 atom stereocenters. The van der Waals surface area contributed by atoms with Crippen LogP contribution < -0.4 is 0 Å². The quantitative estimate of drug-likeness (QED) is 0.481. The lowest BCUT2D eigenvalue weighted by Gasteiger charge is -1.78. The van der Waals surface area contributed by atoms with Crippen LogP contribution in [0, 0.1) is 0 Å². The van der Waals surface area contributed by atoms with Gasteiger partial charge in [-0.15, -0.1) is 17.0 Å². The van der Waals surface area contributed by atoms with Crippen LogP contribution >= 0.6 is 17.0 Å². The van der Waals surface area contributed by atoms with Crippen LogP contribution in [-0.4, -0.2) is 12.6 Å². The molecule has 0 heterocycles. The van der Waals surface area contributed by atoms with E-state index < -0.39 is 0 Å². The van der Waals surface area contributed by atoms with Crippen molar-refractivity contribution >= 4 is 29.6 Å². The highest BCUT2D eigenvalue weighted by atomic mass is 79.9. The smallest absolute Gasteiger partial charge is 0.120 e. The molecule has 0 aliphatic heterocycles. The summed E-state index contributed by atoms with van der Waals surface area (Å²) in [5.74, 6) is 0. The molecule has 0 bridgehead atoms. The Balaban J connectivity index is 0. The largest absolute Gasteiger partial charge is 0.303 e. The molecule has 48 valence electrons. The van der Waals surface area contributed by atoms with E-state index in [4.69, 9.17) is 0 Å². The van der Waals surface area contributed by atoms with E-state index in [1.54, 1.807) is 0 Å². The number of aldehydes is 2. The van der Waals surface area contributed by atoms with Crippen LogP contribution in [0.1, 0.15) is 19.3 Å². The standard InChI is InChI=1S/C5H8O2.BrH/c6-4-2-1-3-5-7;/h4-5H,1-3H2;1H. The fourth-order valence-electron chi connectivity index (χ4n) is 0.285. The Hall–Kier alpha value is -0.180. The zero-order valence-electron chi connectivity index (χ0n) is 4.50. The van der Waals surface area contributed by atoms with Gasteiger partial charge in [-0.2, -0.15) is 0 Å². The van der Waals surface area contributed by atoms with Gasteiger partial charge in [-0.25, -0.2) is 0 Å². The zero-order valence-corrected chi connectivity index (χ0v) is 6.21. The maximum absolute atomic E-state index is 9.56. The minimum absolute atomic E-state index is 0. The molecule has 0 N–H and O–H groups in total. The molecule has 0 aromatic carbocycles. The van der Waals surface area contributed by atoms with Gasteiger partial charge in [0.1, 0.15) is 12.6 Å². The monoisotopic (exact) mass is 180 g/mol. The van der Waals surface area contributed by atoms with Gasteiger partial charge >= 0.3 is 0 Å². The van der Waals surface area contributed by atoms with Gasteiger partial charge in [0.25, 0.3) is 0 Å². The predicted molar refractivity (Wildman–Crippen MR) is 36.3 cm³/mol. The molecular formula is C5H9BrO2. The first-order chi connectivity index (χ1) is 3.41. The second-order valence-electron chi connectivity index (χ2n) is 1.26. The first-order valence-corrected chi connectivity index (χ1v) is 2.29. The topological polar surface area (TPSA) is 34.1 Å². The Kier molecular flexibility index (Phi) is 13.3. The molecule has 3 heteroatoms. The number of hydrogen-bond acceptors (Lipinski definition) is 2. The highest BCUT2D eigenvalue weighted by Crippen LogP contribution is 1.85. The second-order valence-corrected chi connectivity index (χ2v) is 1.26. The van der Waals surface area contributed by atoms with Crippen LogP contribution in [0.2, 0.25) is 0 Å². The number of rotatable bonds is 4. The summed E-state index contributed by atoms with van der Waals surface area (Å²) in [5.41, 5.74) is 0. The number of carbonyl (C=O) groups is 2. The molecule has 8 heavy (non-hydrogen) atoms. The summed E-state index contributed by atoms with van der Waals surface area (Å²) in [6.45, 7) is 0. The van der Waals surface area contributed by atoms with Gasteiger partial charge < -0.3 is 9.59 Å². The molecule has 0 aliphatic carbocycles. The van der Waals surface area contributed by atoms with Gasteiger partial charge in [-0.05, 0) is 6.42 Å². The Bertz CT molecular complexity index is 55.4. The van der Waals surface area contributed by atoms with Crippen LogP contribution in [0.4, 0.5) is 0 Å². The molecule has 0 amide bonds. The summed E-state index contributed by atoms with van der Waals surface area (Å²) in [7, 11) is 0. The Morgan fingerprint density at radius 2 is 1.38 bits per heavy atom. The molecule has 2 nitrogen and oxygen atoms in total. The number of hydrogen-bond donors (Lipinski definition) is 0. The van der Waals surface area contributed by atoms with Crippen molar-refractivity contribution in [3.63, 3.8) is 0 Å². The third-order valence-corrected chi connectivity index (χ3v) is 0.644. The van der Waals surface area contributed by atoms with Gasteiger partial charge in [0, 0.05) is 12.8 Å². The lowest BCUT2D eigenvalue weighted by molar-refractivity contribution is -0.108. The molecule has 0 saturated heterocycles. The van der Waals surface area contributed by atoms with E-state index in [0.29, 0.717) is 19.3 Å². The van der Waals surface area contributed by atoms with Crippen molar-refractivity contribution in [2.45, 2.75) is 19.3 Å². The highest BCUT2D eigenvalue weighted by Gasteiger charge is 1.80. The summed E-state index contributed by atoms with van der Waals surface area (Å²) < 4.78 is 0. The first-order valence-electron chi connectivity index (χ1n) is 2.29. The van der Waals surface area contributed by atoms with Crippen molar-refractivity contribution in [2.24, 2.45) is 0 Å². The molecule has 0 aromatic heterocycles. The molecule has 0 saturated carbocycles. The second kappa shape index (κ2) is 9.94. The van der Waals surface area contributed by atoms with Crippen LogP contribution in [0.5, 0.6) is 0 Å². The van der Waals surface area contributed by atoms with E-state index in [9.17, 15) is 9.59 Å². The Labute approximate surface area is 59.0 Å². The van der Waals surface area contributed by atoms with Crippen LogP contribution in [-0.2, 0) is 9.59 Å². The van der Waals surface area contributed by atoms with Gasteiger partial charge in [-0.1, -0.05) is 0 Å². The van der Waals surface area contributed by atoms with E-state index in [2.05, 4.69) is 0 Å². The number of unbranched alkanes of at least 4 members (excludes halogenated alkanes) is 2. The highest BCUT2D eigenvalue weighted by molar-refractivity contribution is 8.93. The summed E-state index contributed by atoms with van der Waals surface area (Å²) in [6.07, 6.45) is 3.37. The molecule has 0 radical (unpaired) electrons. The van der Waals surface area contributed by atoms with E-state index in [1.165, 1.54) is 0 Å². The van der Waals surface area contributed by atoms with Gasteiger partial charge in [0.05, 0.1) is 0 Å². The minimum atomic E-state index is 0. The SMILES string of the molecule is Br.O=CCCCC=O. The summed E-state index contributed by atoms with van der Waals surface area (Å²) in [4.78, 5) is 19.1. The van der Waals surface area contributed by atoms with Gasteiger partial charge in [0.2, 0.25) is 0 Å². The van der Waals surface area contributed by atoms with E-state index in [1.807, 2.05) is 0 Å². The molecular weight excluding hydrogens is 172 g/mol. The third-order valence-electron chi connectivity index (χ3n) is 0.644. The summed E-state index contributed by atoms with van der Waals surface area (Å²) >= 11 is 0. The summed E-state index contributed by atoms with van der Waals surface area (Å²) in [6, 6.07) is 0. The zero-order chi connectivity index (χ0) is 5.54. The molecule has 0 aliphatic rings. The van der Waals surface area contributed by atoms with Crippen molar-refractivity contribution in [1.82, 2.24) is 0 Å². The molecule has 0 aromatic rings. The van der Waals surface area contributed by atoms with E-state index in [0.717, 1.165) is 12.6 Å². The Morgan fingerprint density at radius 3 is 1.62 bits per heavy atom. The minimum Gasteiger partial charge on any atom is -0.303 e. The number of halogens is 1. The number of carbonyl (C=O) groups excluding carboxylic acids is 2. The van der Waals surface area contributed by atoms with Crippen molar-refractivity contribution < 1.29 is 9.59 Å². The van der Waals surface area contributed by atoms with Crippen molar-refractivity contribution in [2.75, 3.05) is 0 Å². The molecule has 0 unspecified atom stereocenters. The molecule has 0 rings (SSSR count). The predicted octanol–water partition coefficient (Wildman–Crippen LogP) is 1.13. The van der Waals surface area contributed by atoms with Crippen LogP contribution in [0.25, 0.3) is 0 Å². The maximum Gasteiger partial charge on any atom is 0.120 e. The summed E-state index contributed by atoms with van der Waals surface area (Å²) in [5, 5.41) is 0. The maximum atomic E-state index is 9.56. The average Bonchev–Trinajstić information content (AvgIpc) is 1.69. The average molecular weight is 181 g/mol.